The number of carbonyl (C=O) groups is 2. The van der Waals surface area contributed by atoms with E-state index in [1.807, 2.05) is 60.7 Å². The Morgan fingerprint density at radius 3 is 2.31 bits per heavy atom. The summed E-state index contributed by atoms with van der Waals surface area (Å²) >= 11 is 0. The minimum absolute atomic E-state index is 0.0576. The molecule has 35 heavy (non-hydrogen) atoms. The maximum absolute atomic E-state index is 13.5. The van der Waals surface area contributed by atoms with Gasteiger partial charge in [0.2, 0.25) is 0 Å². The molecule has 6 nitrogen and oxygen atoms in total. The summed E-state index contributed by atoms with van der Waals surface area (Å²) in [6.45, 7) is 0.688. The first-order valence-electron chi connectivity index (χ1n) is 11.7. The number of benzene rings is 3. The standard InChI is InChI=1S/C29H26N2O4/c32-28(30-24-15-16-24)22-13-11-21(12-14-22)19-31(20-27-10-5-17-34-27)29(33)23-6-4-9-26(18-23)35-25-7-2-1-3-8-25/h1-14,17-18,24H,15-16,19-20H2,(H,30,32). The van der Waals surface area contributed by atoms with Crippen molar-refractivity contribution in [2.45, 2.75) is 32.0 Å². The minimum Gasteiger partial charge on any atom is -0.467 e. The van der Waals surface area contributed by atoms with Gasteiger partial charge in [0, 0.05) is 23.7 Å². The highest BCUT2D eigenvalue weighted by Gasteiger charge is 2.24. The number of nitrogens with zero attached hydrogens (tertiary/aromatic N) is 1. The molecule has 0 saturated heterocycles. The predicted octanol–water partition coefficient (Wildman–Crippen LogP) is 5.81. The molecule has 1 saturated carbocycles. The lowest BCUT2D eigenvalue weighted by Crippen LogP contribution is -2.30. The number of hydrogen-bond donors (Lipinski definition) is 1. The van der Waals surface area contributed by atoms with Crippen LogP contribution in [-0.4, -0.2) is 22.8 Å². The van der Waals surface area contributed by atoms with Crippen LogP contribution in [0.25, 0.3) is 0 Å². The molecule has 1 aliphatic rings. The number of furan rings is 1. The lowest BCUT2D eigenvalue weighted by molar-refractivity contribution is 0.0717. The molecule has 3 aromatic carbocycles. The van der Waals surface area contributed by atoms with Gasteiger partial charge in [0.05, 0.1) is 12.8 Å². The lowest BCUT2D eigenvalue weighted by Gasteiger charge is -2.22. The molecular formula is C29H26N2O4. The first kappa shape index (κ1) is 22.5. The first-order valence-corrected chi connectivity index (χ1v) is 11.7. The van der Waals surface area contributed by atoms with E-state index in [1.54, 1.807) is 41.5 Å². The van der Waals surface area contributed by atoms with Crippen molar-refractivity contribution in [2.75, 3.05) is 0 Å². The van der Waals surface area contributed by atoms with Gasteiger partial charge in [-0.2, -0.15) is 0 Å². The van der Waals surface area contributed by atoms with E-state index in [0.29, 0.717) is 47.5 Å². The molecule has 1 heterocycles. The van der Waals surface area contributed by atoms with Crippen molar-refractivity contribution in [1.29, 1.82) is 0 Å². The Morgan fingerprint density at radius 1 is 0.829 bits per heavy atom. The van der Waals surface area contributed by atoms with Gasteiger partial charge in [-0.3, -0.25) is 9.59 Å². The number of ether oxygens (including phenoxy) is 1. The second-order valence-electron chi connectivity index (χ2n) is 8.63. The third kappa shape index (κ3) is 5.98. The van der Waals surface area contributed by atoms with Gasteiger partial charge >= 0.3 is 0 Å². The van der Waals surface area contributed by atoms with Crippen LogP contribution in [-0.2, 0) is 13.1 Å². The summed E-state index contributed by atoms with van der Waals surface area (Å²) in [6.07, 6.45) is 3.69. The highest BCUT2D eigenvalue weighted by molar-refractivity contribution is 5.95. The van der Waals surface area contributed by atoms with Crippen LogP contribution in [0.3, 0.4) is 0 Å². The first-order chi connectivity index (χ1) is 17.1. The Hall–Kier alpha value is -4.32. The molecule has 0 aliphatic heterocycles. The number of carbonyl (C=O) groups excluding carboxylic acids is 2. The van der Waals surface area contributed by atoms with Gasteiger partial charge in [0.15, 0.2) is 0 Å². The molecule has 6 heteroatoms. The number of para-hydroxylation sites is 1. The highest BCUT2D eigenvalue weighted by Crippen LogP contribution is 2.24. The predicted molar refractivity (Wildman–Crippen MR) is 132 cm³/mol. The fraction of sp³-hybridized carbons (Fsp3) is 0.172. The lowest BCUT2D eigenvalue weighted by atomic mass is 10.1. The highest BCUT2D eigenvalue weighted by atomic mass is 16.5. The number of nitrogens with one attached hydrogen (secondary N) is 1. The monoisotopic (exact) mass is 466 g/mol. The largest absolute Gasteiger partial charge is 0.467 e. The van der Waals surface area contributed by atoms with Crippen LogP contribution in [0, 0.1) is 0 Å². The van der Waals surface area contributed by atoms with Crippen LogP contribution in [0.15, 0.2) is 102 Å². The summed E-state index contributed by atoms with van der Waals surface area (Å²) in [4.78, 5) is 27.6. The molecule has 0 atom stereocenters. The number of amides is 2. The Morgan fingerprint density at radius 2 is 1.60 bits per heavy atom. The van der Waals surface area contributed by atoms with Crippen LogP contribution in [0.5, 0.6) is 11.5 Å². The molecule has 1 aromatic heterocycles. The Labute approximate surface area is 204 Å². The fourth-order valence-corrected chi connectivity index (χ4v) is 3.77. The zero-order valence-corrected chi connectivity index (χ0v) is 19.2. The molecule has 0 bridgehead atoms. The van der Waals surface area contributed by atoms with Gasteiger partial charge in [-0.05, 0) is 73.0 Å². The van der Waals surface area contributed by atoms with Crippen molar-refractivity contribution in [3.8, 4) is 11.5 Å². The SMILES string of the molecule is O=C(NC1CC1)c1ccc(CN(Cc2ccco2)C(=O)c2cccc(Oc3ccccc3)c2)cc1. The molecule has 176 valence electrons. The second kappa shape index (κ2) is 10.3. The molecule has 0 spiro atoms. The van der Waals surface area contributed by atoms with Crippen molar-refractivity contribution in [2.24, 2.45) is 0 Å². The minimum atomic E-state index is -0.143. The van der Waals surface area contributed by atoms with E-state index >= 15 is 0 Å². The van der Waals surface area contributed by atoms with Crippen molar-refractivity contribution < 1.29 is 18.7 Å². The van der Waals surface area contributed by atoms with E-state index in [2.05, 4.69) is 5.32 Å². The number of hydrogen-bond acceptors (Lipinski definition) is 4. The Bertz CT molecular complexity index is 1280. The molecule has 0 radical (unpaired) electrons. The quantitative estimate of drug-likeness (QED) is 0.338. The van der Waals surface area contributed by atoms with Gasteiger partial charge in [0.25, 0.3) is 11.8 Å². The summed E-state index contributed by atoms with van der Waals surface area (Å²) in [5.41, 5.74) is 2.06. The third-order valence-corrected chi connectivity index (χ3v) is 5.78. The van der Waals surface area contributed by atoms with E-state index in [9.17, 15) is 9.59 Å². The summed E-state index contributed by atoms with van der Waals surface area (Å²) in [7, 11) is 0. The molecule has 0 unspecified atom stereocenters. The smallest absolute Gasteiger partial charge is 0.254 e. The summed E-state index contributed by atoms with van der Waals surface area (Å²) < 4.78 is 11.4. The topological polar surface area (TPSA) is 71.8 Å². The third-order valence-electron chi connectivity index (χ3n) is 5.78. The summed E-state index contributed by atoms with van der Waals surface area (Å²) in [5, 5.41) is 2.99. The van der Waals surface area contributed by atoms with E-state index < -0.39 is 0 Å². The molecular weight excluding hydrogens is 440 g/mol. The van der Waals surface area contributed by atoms with E-state index in [0.717, 1.165) is 18.4 Å². The second-order valence-corrected chi connectivity index (χ2v) is 8.63. The molecule has 1 N–H and O–H groups in total. The van der Waals surface area contributed by atoms with Crippen LogP contribution < -0.4 is 10.1 Å². The van der Waals surface area contributed by atoms with Gasteiger partial charge in [-0.1, -0.05) is 36.4 Å². The molecule has 2 amide bonds. The van der Waals surface area contributed by atoms with Crippen LogP contribution in [0.1, 0.15) is 44.9 Å². The van der Waals surface area contributed by atoms with Gasteiger partial charge in [-0.25, -0.2) is 0 Å². The van der Waals surface area contributed by atoms with Crippen LogP contribution in [0.4, 0.5) is 0 Å². The van der Waals surface area contributed by atoms with Crippen molar-refractivity contribution in [3.63, 3.8) is 0 Å². The van der Waals surface area contributed by atoms with Gasteiger partial charge < -0.3 is 19.4 Å². The average Bonchev–Trinajstić information content (AvgIpc) is 3.55. The van der Waals surface area contributed by atoms with E-state index in [1.165, 1.54) is 0 Å². The molecule has 5 rings (SSSR count). The fourth-order valence-electron chi connectivity index (χ4n) is 3.77. The summed E-state index contributed by atoms with van der Waals surface area (Å²) in [5.74, 6) is 1.78. The van der Waals surface area contributed by atoms with Gasteiger partial charge in [-0.15, -0.1) is 0 Å². The normalized spacial score (nSPS) is 12.7. The van der Waals surface area contributed by atoms with Crippen molar-refractivity contribution >= 4 is 11.8 Å². The average molecular weight is 467 g/mol. The summed E-state index contributed by atoms with van der Waals surface area (Å²) in [6, 6.07) is 28.0. The Kier molecular flexibility index (Phi) is 6.61. The van der Waals surface area contributed by atoms with Crippen molar-refractivity contribution in [3.05, 3.63) is 120 Å². The maximum atomic E-state index is 13.5. The zero-order chi connectivity index (χ0) is 24.0. The number of rotatable bonds is 9. The molecule has 1 fully saturated rings. The van der Waals surface area contributed by atoms with E-state index in [-0.39, 0.29) is 11.8 Å². The zero-order valence-electron chi connectivity index (χ0n) is 19.2. The Balaban J connectivity index is 1.33. The molecule has 4 aromatic rings. The van der Waals surface area contributed by atoms with Crippen LogP contribution in [0.2, 0.25) is 0 Å². The molecule has 1 aliphatic carbocycles. The van der Waals surface area contributed by atoms with Gasteiger partial charge in [0.1, 0.15) is 17.3 Å². The van der Waals surface area contributed by atoms with Crippen LogP contribution >= 0.6 is 0 Å². The van der Waals surface area contributed by atoms with E-state index in [4.69, 9.17) is 9.15 Å². The maximum Gasteiger partial charge on any atom is 0.254 e. The van der Waals surface area contributed by atoms with Crippen molar-refractivity contribution in [1.82, 2.24) is 10.2 Å².